The smallest absolute Gasteiger partial charge is 0.227 e. The van der Waals surface area contributed by atoms with Crippen LogP contribution in [0, 0.1) is 6.92 Å². The minimum atomic E-state index is -0.0601. The second-order valence-corrected chi connectivity index (χ2v) is 7.12. The Morgan fingerprint density at radius 2 is 2.11 bits per heavy atom. The quantitative estimate of drug-likeness (QED) is 0.369. The number of nitrogens with zero attached hydrogens (tertiary/aromatic N) is 3. The maximum absolute atomic E-state index is 12.0. The first-order valence-corrected chi connectivity index (χ1v) is 10.0. The number of anilines is 1. The zero-order valence-corrected chi connectivity index (χ0v) is 16.9. The van der Waals surface area contributed by atoms with Gasteiger partial charge in [-0.15, -0.1) is 0 Å². The van der Waals surface area contributed by atoms with E-state index in [4.69, 9.17) is 0 Å². The lowest BCUT2D eigenvalue weighted by Crippen LogP contribution is -2.41. The molecular weight excluding hydrogens is 340 g/mol. The fourth-order valence-electron chi connectivity index (χ4n) is 3.31. The van der Waals surface area contributed by atoms with Crippen molar-refractivity contribution in [1.82, 2.24) is 20.5 Å². The van der Waals surface area contributed by atoms with Gasteiger partial charge in [-0.3, -0.25) is 9.79 Å². The summed E-state index contributed by atoms with van der Waals surface area (Å²) in [7, 11) is 1.75. The highest BCUT2D eigenvalue weighted by Crippen LogP contribution is 2.16. The number of carbonyl (C=O) groups excluding carboxylic acids is 1. The van der Waals surface area contributed by atoms with E-state index in [0.29, 0.717) is 24.8 Å². The van der Waals surface area contributed by atoms with E-state index in [1.807, 2.05) is 19.1 Å². The van der Waals surface area contributed by atoms with Gasteiger partial charge in [0, 0.05) is 44.8 Å². The van der Waals surface area contributed by atoms with Gasteiger partial charge in [0.05, 0.1) is 0 Å². The van der Waals surface area contributed by atoms with Crippen molar-refractivity contribution >= 4 is 17.7 Å². The molecule has 2 heterocycles. The lowest BCUT2D eigenvalue weighted by molar-refractivity contribution is -0.116. The molecule has 0 radical (unpaired) electrons. The molecule has 1 saturated heterocycles. The van der Waals surface area contributed by atoms with Gasteiger partial charge < -0.3 is 20.9 Å². The molecular formula is C20H34N6O. The predicted octanol–water partition coefficient (Wildman–Crippen LogP) is 2.15. The Kier molecular flexibility index (Phi) is 9.04. The number of hydrogen-bond acceptors (Lipinski definition) is 4. The van der Waals surface area contributed by atoms with Crippen molar-refractivity contribution in [2.75, 3.05) is 38.5 Å². The summed E-state index contributed by atoms with van der Waals surface area (Å²) in [5.41, 5.74) is 0.884. The number of nitrogens with one attached hydrogen (secondary N) is 3. The van der Waals surface area contributed by atoms with E-state index in [1.54, 1.807) is 13.1 Å². The van der Waals surface area contributed by atoms with Crippen LogP contribution in [0.15, 0.2) is 23.2 Å². The van der Waals surface area contributed by atoms with Crippen LogP contribution >= 0.6 is 0 Å². The van der Waals surface area contributed by atoms with E-state index in [0.717, 1.165) is 31.2 Å². The van der Waals surface area contributed by atoms with Crippen LogP contribution < -0.4 is 16.0 Å². The standard InChI is InChI=1S/C20H34N6O/c1-16-8-6-10-18(24-16)25-19(27)11-13-23-20(21-3)22-12-7-15-26-14-5-4-9-17(26)2/h6,8,10,17H,4-5,7,9,11-15H2,1-3H3,(H2,21,22,23)(H,24,25,27). The number of carbonyl (C=O) groups is 1. The Hall–Kier alpha value is -2.15. The summed E-state index contributed by atoms with van der Waals surface area (Å²) >= 11 is 0. The molecule has 2 rings (SSSR count). The van der Waals surface area contributed by atoms with Crippen molar-refractivity contribution in [3.63, 3.8) is 0 Å². The number of pyridine rings is 1. The average molecular weight is 375 g/mol. The molecule has 1 unspecified atom stereocenters. The predicted molar refractivity (Wildman–Crippen MR) is 111 cm³/mol. The van der Waals surface area contributed by atoms with Gasteiger partial charge in [0.15, 0.2) is 5.96 Å². The summed E-state index contributed by atoms with van der Waals surface area (Å²) in [6, 6.07) is 6.28. The molecule has 1 fully saturated rings. The Morgan fingerprint density at radius 1 is 1.30 bits per heavy atom. The molecule has 0 aromatic carbocycles. The molecule has 7 heteroatoms. The normalized spacial score (nSPS) is 18.2. The van der Waals surface area contributed by atoms with E-state index in [9.17, 15) is 4.79 Å². The third-order valence-corrected chi connectivity index (χ3v) is 4.88. The summed E-state index contributed by atoms with van der Waals surface area (Å²) in [5.74, 6) is 1.27. The van der Waals surface area contributed by atoms with Crippen molar-refractivity contribution < 1.29 is 4.79 Å². The highest BCUT2D eigenvalue weighted by molar-refractivity contribution is 5.90. The van der Waals surface area contributed by atoms with Crippen LogP contribution in [0.2, 0.25) is 0 Å². The number of aromatic nitrogens is 1. The maximum atomic E-state index is 12.0. The topological polar surface area (TPSA) is 81.7 Å². The van der Waals surface area contributed by atoms with E-state index < -0.39 is 0 Å². The minimum absolute atomic E-state index is 0.0601. The Balaban J connectivity index is 1.58. The number of aliphatic imine (C=N–C) groups is 1. The SMILES string of the molecule is CN=C(NCCCN1CCCCC1C)NCCC(=O)Nc1cccc(C)n1. The number of piperidine rings is 1. The number of guanidine groups is 1. The molecule has 27 heavy (non-hydrogen) atoms. The summed E-state index contributed by atoms with van der Waals surface area (Å²) in [6.07, 6.45) is 5.45. The van der Waals surface area contributed by atoms with E-state index in [2.05, 4.69) is 37.8 Å². The third kappa shape index (κ3) is 7.95. The number of rotatable bonds is 8. The monoisotopic (exact) mass is 374 g/mol. The highest BCUT2D eigenvalue weighted by atomic mass is 16.1. The largest absolute Gasteiger partial charge is 0.356 e. The number of amides is 1. The van der Waals surface area contributed by atoms with Gasteiger partial charge in [-0.1, -0.05) is 12.5 Å². The average Bonchev–Trinajstić information content (AvgIpc) is 2.65. The van der Waals surface area contributed by atoms with Gasteiger partial charge >= 0.3 is 0 Å². The van der Waals surface area contributed by atoms with E-state index >= 15 is 0 Å². The molecule has 0 spiro atoms. The van der Waals surface area contributed by atoms with Gasteiger partial charge in [0.2, 0.25) is 5.91 Å². The van der Waals surface area contributed by atoms with Crippen LogP contribution in [0.1, 0.15) is 44.7 Å². The van der Waals surface area contributed by atoms with Crippen molar-refractivity contribution in [2.45, 2.75) is 52.0 Å². The zero-order valence-electron chi connectivity index (χ0n) is 16.9. The van der Waals surface area contributed by atoms with Crippen molar-refractivity contribution in [2.24, 2.45) is 4.99 Å². The molecule has 1 amide bonds. The van der Waals surface area contributed by atoms with Gasteiger partial charge in [0.1, 0.15) is 5.82 Å². The van der Waals surface area contributed by atoms with E-state index in [-0.39, 0.29) is 5.91 Å². The van der Waals surface area contributed by atoms with E-state index in [1.165, 1.54) is 25.8 Å². The third-order valence-electron chi connectivity index (χ3n) is 4.88. The summed E-state index contributed by atoms with van der Waals surface area (Å²) in [6.45, 7) is 7.97. The van der Waals surface area contributed by atoms with Crippen molar-refractivity contribution in [1.29, 1.82) is 0 Å². The van der Waals surface area contributed by atoms with Gasteiger partial charge in [0.25, 0.3) is 0 Å². The van der Waals surface area contributed by atoms with Gasteiger partial charge in [-0.2, -0.15) is 0 Å². The van der Waals surface area contributed by atoms with Crippen LogP contribution in [-0.4, -0.2) is 61.0 Å². The Bertz CT molecular complexity index is 618. The fourth-order valence-corrected chi connectivity index (χ4v) is 3.31. The molecule has 150 valence electrons. The number of aryl methyl sites for hydroxylation is 1. The Labute approximate surface area is 163 Å². The zero-order chi connectivity index (χ0) is 19.5. The maximum Gasteiger partial charge on any atom is 0.227 e. The van der Waals surface area contributed by atoms with Gasteiger partial charge in [-0.25, -0.2) is 4.98 Å². The molecule has 1 aromatic heterocycles. The summed E-state index contributed by atoms with van der Waals surface area (Å²) in [5, 5.41) is 9.32. The van der Waals surface area contributed by atoms with Crippen LogP contribution in [0.5, 0.6) is 0 Å². The molecule has 1 aromatic rings. The summed E-state index contributed by atoms with van der Waals surface area (Å²) < 4.78 is 0. The lowest BCUT2D eigenvalue weighted by atomic mass is 10.0. The first kappa shape index (κ1) is 21.2. The summed E-state index contributed by atoms with van der Waals surface area (Å²) in [4.78, 5) is 23.1. The second kappa shape index (κ2) is 11.5. The number of hydrogen-bond donors (Lipinski definition) is 3. The Morgan fingerprint density at radius 3 is 2.85 bits per heavy atom. The molecule has 1 atom stereocenters. The number of likely N-dealkylation sites (tertiary alicyclic amines) is 1. The first-order valence-electron chi connectivity index (χ1n) is 10.0. The van der Waals surface area contributed by atoms with Gasteiger partial charge in [-0.05, 0) is 51.8 Å². The molecule has 1 aliphatic rings. The van der Waals surface area contributed by atoms with Crippen LogP contribution in [0.3, 0.4) is 0 Å². The molecule has 1 aliphatic heterocycles. The fraction of sp³-hybridized carbons (Fsp3) is 0.650. The molecule has 3 N–H and O–H groups in total. The molecule has 0 saturated carbocycles. The molecule has 0 bridgehead atoms. The van der Waals surface area contributed by atoms with Crippen LogP contribution in [0.25, 0.3) is 0 Å². The van der Waals surface area contributed by atoms with Crippen molar-refractivity contribution in [3.8, 4) is 0 Å². The lowest BCUT2D eigenvalue weighted by Gasteiger charge is -2.33. The second-order valence-electron chi connectivity index (χ2n) is 7.12. The molecule has 7 nitrogen and oxygen atoms in total. The molecule has 0 aliphatic carbocycles. The van der Waals surface area contributed by atoms with Crippen LogP contribution in [0.4, 0.5) is 5.82 Å². The highest BCUT2D eigenvalue weighted by Gasteiger charge is 2.17. The van der Waals surface area contributed by atoms with Crippen LogP contribution in [-0.2, 0) is 4.79 Å². The first-order chi connectivity index (χ1) is 13.1. The van der Waals surface area contributed by atoms with Crippen molar-refractivity contribution in [3.05, 3.63) is 23.9 Å². The minimum Gasteiger partial charge on any atom is -0.356 e.